The van der Waals surface area contributed by atoms with E-state index in [9.17, 15) is 0 Å². The molecule has 0 fully saturated rings. The maximum Gasteiger partial charge on any atom is 0.0547 e. The number of nitrogens with zero attached hydrogens (tertiary/aromatic N) is 3. The summed E-state index contributed by atoms with van der Waals surface area (Å²) in [4.78, 5) is 0. The van der Waals surface area contributed by atoms with Crippen LogP contribution in [0.4, 0.5) is 0 Å². The zero-order valence-electron chi connectivity index (χ0n) is 70.6. The largest absolute Gasteiger partial charge is 0.309 e. The number of para-hydroxylation sites is 3. The molecule has 0 N–H and O–H groups in total. The topological polar surface area (TPSA) is 14.8 Å². The van der Waals surface area contributed by atoms with Gasteiger partial charge in [0.05, 0.1) is 33.1 Å². The van der Waals surface area contributed by atoms with Crippen molar-refractivity contribution in [1.29, 1.82) is 0 Å². The minimum atomic E-state index is 1.18. The molecule has 27 rings (SSSR count). The van der Waals surface area contributed by atoms with Crippen molar-refractivity contribution in [3.8, 4) is 83.8 Å². The lowest BCUT2D eigenvalue weighted by Gasteiger charge is -2.11. The Balaban J connectivity index is 0.000000105. The zero-order chi connectivity index (χ0) is 85.0. The standard InChI is InChI=1S/3C42H27N/c1-2-8-28(9-3-1)33-17-14-30-15-18-34(25-36(30)24-33)35-19-16-31-21-23-41-42(39(31)27-35)38-12-6-7-13-40(38)43(41)37-22-20-29-10-4-5-11-32(29)26-37;1-2-8-28(9-3-1)32-16-14-30-15-17-33(26-36(30)25-32)34-19-22-38-35(24-34)20-23-41-42(38)39-12-6-7-13-40(39)43(41)37-21-18-29-10-4-5-11-31(29)27-37;1-2-8-28(9-3-1)31-14-15-33-25-34(17-16-32(33)24-31)35-19-22-38-36(26-35)20-23-41-42(38)39-12-6-7-13-40(39)43(41)37-21-18-29-10-4-5-11-30(29)27-37/h3*1-27H. The van der Waals surface area contributed by atoms with Gasteiger partial charge in [-0.1, -0.05) is 364 Å². The van der Waals surface area contributed by atoms with Crippen LogP contribution in [0.1, 0.15) is 0 Å². The third kappa shape index (κ3) is 13.2. The van der Waals surface area contributed by atoms with E-state index in [1.54, 1.807) is 0 Å². The molecule has 0 aliphatic rings. The van der Waals surface area contributed by atoms with Crippen LogP contribution in [0.15, 0.2) is 491 Å². The van der Waals surface area contributed by atoms with Crippen molar-refractivity contribution in [3.05, 3.63) is 491 Å². The van der Waals surface area contributed by atoms with Crippen molar-refractivity contribution >= 4 is 162 Å². The monoisotopic (exact) mass is 1640 g/mol. The van der Waals surface area contributed by atoms with Crippen molar-refractivity contribution in [1.82, 2.24) is 13.7 Å². The highest BCUT2D eigenvalue weighted by atomic mass is 15.0. The summed E-state index contributed by atoms with van der Waals surface area (Å²) in [6.07, 6.45) is 0. The Labute approximate surface area is 746 Å². The van der Waals surface area contributed by atoms with Gasteiger partial charge in [0, 0.05) is 49.4 Å². The summed E-state index contributed by atoms with van der Waals surface area (Å²) in [5.41, 5.74) is 25.8. The summed E-state index contributed by atoms with van der Waals surface area (Å²) in [5.74, 6) is 0. The molecule has 0 saturated carbocycles. The molecule has 3 aromatic heterocycles. The van der Waals surface area contributed by atoms with Gasteiger partial charge in [0.2, 0.25) is 0 Å². The fourth-order valence-corrected chi connectivity index (χ4v) is 20.4. The molecule has 0 saturated heterocycles. The highest BCUT2D eigenvalue weighted by Crippen LogP contribution is 2.45. The molecule has 129 heavy (non-hydrogen) atoms. The molecule has 0 aliphatic carbocycles. The summed E-state index contributed by atoms with van der Waals surface area (Å²) in [6.45, 7) is 0. The predicted molar refractivity (Wildman–Crippen MR) is 553 cm³/mol. The van der Waals surface area contributed by atoms with Crippen LogP contribution in [0, 0.1) is 0 Å². The van der Waals surface area contributed by atoms with Gasteiger partial charge in [-0.3, -0.25) is 0 Å². The third-order valence-electron chi connectivity index (χ3n) is 26.8. The van der Waals surface area contributed by atoms with Gasteiger partial charge in [0.15, 0.2) is 0 Å². The summed E-state index contributed by atoms with van der Waals surface area (Å²) in [7, 11) is 0. The Bertz CT molecular complexity index is 9190. The van der Waals surface area contributed by atoms with Gasteiger partial charge >= 0.3 is 0 Å². The van der Waals surface area contributed by atoms with Crippen molar-refractivity contribution in [2.24, 2.45) is 0 Å². The Morgan fingerprint density at radius 1 is 0.101 bits per heavy atom. The molecular formula is C126H81N3. The molecular weight excluding hydrogens is 1560 g/mol. The molecule has 27 aromatic rings. The van der Waals surface area contributed by atoms with E-state index in [2.05, 4.69) is 505 Å². The van der Waals surface area contributed by atoms with Gasteiger partial charge in [-0.25, -0.2) is 0 Å². The maximum absolute atomic E-state index is 2.42. The van der Waals surface area contributed by atoms with Crippen LogP contribution in [0.3, 0.4) is 0 Å². The Morgan fingerprint density at radius 3 is 0.682 bits per heavy atom. The van der Waals surface area contributed by atoms with Crippen LogP contribution < -0.4 is 0 Å². The predicted octanol–water partition coefficient (Wildman–Crippen LogP) is 34.7. The molecule has 3 heterocycles. The fraction of sp³-hybridized carbons (Fsp3) is 0. The van der Waals surface area contributed by atoms with Crippen LogP contribution in [0.2, 0.25) is 0 Å². The van der Waals surface area contributed by atoms with Gasteiger partial charge < -0.3 is 13.7 Å². The van der Waals surface area contributed by atoms with E-state index in [4.69, 9.17) is 0 Å². The second-order valence-electron chi connectivity index (χ2n) is 34.3. The van der Waals surface area contributed by atoms with E-state index in [1.165, 1.54) is 246 Å². The lowest BCUT2D eigenvalue weighted by Crippen LogP contribution is -1.93. The van der Waals surface area contributed by atoms with Gasteiger partial charge in [-0.2, -0.15) is 0 Å². The molecule has 3 nitrogen and oxygen atoms in total. The minimum absolute atomic E-state index is 1.18. The first-order chi connectivity index (χ1) is 63.9. The average molecular weight is 1640 g/mol. The third-order valence-corrected chi connectivity index (χ3v) is 26.8. The van der Waals surface area contributed by atoms with Crippen LogP contribution >= 0.6 is 0 Å². The summed E-state index contributed by atoms with van der Waals surface area (Å²) < 4.78 is 7.25. The molecule has 24 aromatic carbocycles. The summed E-state index contributed by atoms with van der Waals surface area (Å²) in [6, 6.07) is 180. The van der Waals surface area contributed by atoms with Crippen LogP contribution in [0.25, 0.3) is 246 Å². The number of hydrogen-bond acceptors (Lipinski definition) is 0. The molecule has 0 spiro atoms. The second kappa shape index (κ2) is 31.1. The maximum atomic E-state index is 2.42. The van der Waals surface area contributed by atoms with Crippen LogP contribution in [-0.4, -0.2) is 13.7 Å². The van der Waals surface area contributed by atoms with E-state index >= 15 is 0 Å². The first-order valence-corrected chi connectivity index (χ1v) is 44.5. The van der Waals surface area contributed by atoms with Crippen LogP contribution in [0.5, 0.6) is 0 Å². The molecule has 0 amide bonds. The van der Waals surface area contributed by atoms with Gasteiger partial charge in [-0.05, 0) is 291 Å². The average Bonchev–Trinajstić information content (AvgIpc) is 1.58. The molecule has 0 radical (unpaired) electrons. The van der Waals surface area contributed by atoms with Crippen molar-refractivity contribution in [3.63, 3.8) is 0 Å². The number of aromatic nitrogens is 3. The first-order valence-electron chi connectivity index (χ1n) is 44.5. The first kappa shape index (κ1) is 74.6. The van der Waals surface area contributed by atoms with E-state index in [1.807, 2.05) is 0 Å². The summed E-state index contributed by atoms with van der Waals surface area (Å²) >= 11 is 0. The highest BCUT2D eigenvalue weighted by Gasteiger charge is 2.21. The van der Waals surface area contributed by atoms with E-state index in [0.29, 0.717) is 0 Å². The normalized spacial score (nSPS) is 11.7. The molecule has 0 atom stereocenters. The van der Waals surface area contributed by atoms with Gasteiger partial charge in [0.1, 0.15) is 0 Å². The SMILES string of the molecule is c1ccc(-c2ccc3cc(-c4ccc5c(ccc6c5c5ccccc5n6-c5ccc6ccccc6c5)c4)ccc3c2)cc1.c1ccc(-c2ccc3ccc(-c4ccc5c(ccc6c5c5ccccc5n6-c5ccc6ccccc6c5)c4)cc3c2)cc1.c1ccc(-c2ccc3ccc(-c4ccc5ccc6c(c5c4)c4ccccc4n6-c4ccc5ccccc5c4)cc3c2)cc1. The Kier molecular flexibility index (Phi) is 18.0. The molecule has 3 heteroatoms. The lowest BCUT2D eigenvalue weighted by molar-refractivity contribution is 1.19. The van der Waals surface area contributed by atoms with Crippen molar-refractivity contribution in [2.45, 2.75) is 0 Å². The zero-order valence-corrected chi connectivity index (χ0v) is 70.6. The Hall–Kier alpha value is -17.0. The molecule has 0 bridgehead atoms. The number of fused-ring (bicyclic) bond motifs is 21. The Morgan fingerprint density at radius 2 is 0.326 bits per heavy atom. The fourth-order valence-electron chi connectivity index (χ4n) is 20.4. The van der Waals surface area contributed by atoms with E-state index in [-0.39, 0.29) is 0 Å². The second-order valence-corrected chi connectivity index (χ2v) is 34.3. The van der Waals surface area contributed by atoms with Crippen molar-refractivity contribution < 1.29 is 0 Å². The smallest absolute Gasteiger partial charge is 0.0547 e. The molecule has 600 valence electrons. The number of hydrogen-bond donors (Lipinski definition) is 0. The van der Waals surface area contributed by atoms with Crippen LogP contribution in [-0.2, 0) is 0 Å². The van der Waals surface area contributed by atoms with Crippen molar-refractivity contribution in [2.75, 3.05) is 0 Å². The summed E-state index contributed by atoms with van der Waals surface area (Å²) in [5, 5.41) is 30.4. The quantitative estimate of drug-likeness (QED) is 0.137. The molecule has 0 aliphatic heterocycles. The minimum Gasteiger partial charge on any atom is -0.309 e. The van der Waals surface area contributed by atoms with E-state index < -0.39 is 0 Å². The van der Waals surface area contributed by atoms with Gasteiger partial charge in [0.25, 0.3) is 0 Å². The lowest BCUT2D eigenvalue weighted by atomic mass is 9.95. The number of rotatable bonds is 9. The highest BCUT2D eigenvalue weighted by molar-refractivity contribution is 6.25. The molecule has 0 unspecified atom stereocenters. The van der Waals surface area contributed by atoms with E-state index in [0.717, 1.165) is 0 Å². The number of benzene rings is 24. The van der Waals surface area contributed by atoms with Gasteiger partial charge in [-0.15, -0.1) is 0 Å².